The summed E-state index contributed by atoms with van der Waals surface area (Å²) in [5, 5.41) is 4.56. The third-order valence-electron chi connectivity index (χ3n) is 4.47. The number of nitrogens with two attached hydrogens (primary N) is 1. The molecule has 0 bridgehead atoms. The summed E-state index contributed by atoms with van der Waals surface area (Å²) < 4.78 is 5.50. The third kappa shape index (κ3) is 2.68. The summed E-state index contributed by atoms with van der Waals surface area (Å²) in [4.78, 5) is 8.75. The lowest BCUT2D eigenvalue weighted by molar-refractivity contribution is 0.191. The molecule has 112 valence electrons. The number of nitrogens with zero attached hydrogens (tertiary/aromatic N) is 3. The van der Waals surface area contributed by atoms with Crippen molar-refractivity contribution in [3.05, 3.63) is 29.2 Å². The van der Waals surface area contributed by atoms with Crippen molar-refractivity contribution in [2.24, 2.45) is 11.7 Å². The van der Waals surface area contributed by atoms with Crippen LogP contribution in [0.2, 0.25) is 5.02 Å². The molecule has 0 unspecified atom stereocenters. The van der Waals surface area contributed by atoms with Gasteiger partial charge in [-0.15, -0.1) is 0 Å². The predicted molar refractivity (Wildman–Crippen MR) is 80.9 cm³/mol. The van der Waals surface area contributed by atoms with Gasteiger partial charge in [0.05, 0.1) is 10.4 Å². The Bertz CT molecular complexity index is 620. The molecule has 0 saturated heterocycles. The van der Waals surface area contributed by atoms with E-state index in [0.717, 1.165) is 31.6 Å². The highest BCUT2D eigenvalue weighted by molar-refractivity contribution is 6.32. The molecule has 3 rings (SSSR count). The van der Waals surface area contributed by atoms with Crippen molar-refractivity contribution in [2.75, 3.05) is 6.54 Å². The van der Waals surface area contributed by atoms with Crippen molar-refractivity contribution in [2.45, 2.75) is 38.0 Å². The number of aromatic nitrogens is 3. The van der Waals surface area contributed by atoms with Gasteiger partial charge < -0.3 is 10.3 Å². The van der Waals surface area contributed by atoms with E-state index in [-0.39, 0.29) is 5.41 Å². The summed E-state index contributed by atoms with van der Waals surface area (Å²) in [5.41, 5.74) is 6.38. The van der Waals surface area contributed by atoms with Crippen LogP contribution in [0.1, 0.15) is 38.5 Å². The third-order valence-corrected chi connectivity index (χ3v) is 4.78. The molecule has 21 heavy (non-hydrogen) atoms. The van der Waals surface area contributed by atoms with Crippen molar-refractivity contribution in [3.63, 3.8) is 0 Å². The normalized spacial score (nSPS) is 26.0. The van der Waals surface area contributed by atoms with E-state index in [1.54, 1.807) is 18.3 Å². The van der Waals surface area contributed by atoms with Crippen molar-refractivity contribution >= 4 is 11.6 Å². The first-order valence-corrected chi connectivity index (χ1v) is 7.67. The van der Waals surface area contributed by atoms with Crippen molar-refractivity contribution < 1.29 is 4.52 Å². The van der Waals surface area contributed by atoms with Gasteiger partial charge in [-0.25, -0.2) is 0 Å². The van der Waals surface area contributed by atoms with Crippen LogP contribution < -0.4 is 5.73 Å². The minimum absolute atomic E-state index is 0.195. The maximum absolute atomic E-state index is 6.13. The molecule has 2 aromatic rings. The molecule has 0 spiro atoms. The molecule has 1 saturated carbocycles. The monoisotopic (exact) mass is 306 g/mol. The van der Waals surface area contributed by atoms with Crippen LogP contribution in [-0.2, 0) is 5.41 Å². The van der Waals surface area contributed by atoms with Gasteiger partial charge in [-0.1, -0.05) is 23.7 Å². The number of rotatable bonds is 3. The Hall–Kier alpha value is -1.46. The number of pyridine rings is 1. The van der Waals surface area contributed by atoms with Gasteiger partial charge in [-0.05, 0) is 43.7 Å². The summed E-state index contributed by atoms with van der Waals surface area (Å²) in [7, 11) is 0. The second-order valence-corrected chi connectivity index (χ2v) is 6.33. The standard InChI is InChI=1S/C15H19ClN4O/c1-10-4-6-15(9-17,7-5-10)14-19-13(20-21-14)12-11(16)3-2-8-18-12/h2-3,8,10H,4-7,9,17H2,1H3. The van der Waals surface area contributed by atoms with E-state index >= 15 is 0 Å². The van der Waals surface area contributed by atoms with E-state index in [1.807, 2.05) is 0 Å². The van der Waals surface area contributed by atoms with Crippen molar-refractivity contribution in [1.29, 1.82) is 0 Å². The summed E-state index contributed by atoms with van der Waals surface area (Å²) in [6.07, 6.45) is 5.92. The maximum Gasteiger partial charge on any atom is 0.234 e. The average molecular weight is 307 g/mol. The van der Waals surface area contributed by atoms with E-state index in [4.69, 9.17) is 21.9 Å². The Kier molecular flexibility index (Phi) is 3.95. The summed E-state index contributed by atoms with van der Waals surface area (Å²) in [5.74, 6) is 1.79. The molecular weight excluding hydrogens is 288 g/mol. The van der Waals surface area contributed by atoms with Gasteiger partial charge in [-0.2, -0.15) is 4.98 Å². The first kappa shape index (κ1) is 14.5. The fourth-order valence-electron chi connectivity index (χ4n) is 2.91. The van der Waals surface area contributed by atoms with Gasteiger partial charge in [0.1, 0.15) is 5.69 Å². The Morgan fingerprint density at radius 3 is 2.86 bits per heavy atom. The molecule has 0 amide bonds. The van der Waals surface area contributed by atoms with Crippen LogP contribution in [-0.4, -0.2) is 21.7 Å². The number of hydrogen-bond donors (Lipinski definition) is 1. The number of hydrogen-bond acceptors (Lipinski definition) is 5. The zero-order valence-electron chi connectivity index (χ0n) is 12.1. The average Bonchev–Trinajstić information content (AvgIpc) is 2.99. The lowest BCUT2D eigenvalue weighted by atomic mass is 9.71. The highest BCUT2D eigenvalue weighted by Gasteiger charge is 2.39. The van der Waals surface area contributed by atoms with Gasteiger partial charge in [0.2, 0.25) is 11.7 Å². The van der Waals surface area contributed by atoms with Crippen LogP contribution in [0.3, 0.4) is 0 Å². The molecular formula is C15H19ClN4O. The van der Waals surface area contributed by atoms with Crippen LogP contribution in [0, 0.1) is 5.92 Å². The van der Waals surface area contributed by atoms with Crippen LogP contribution in [0.25, 0.3) is 11.5 Å². The highest BCUT2D eigenvalue weighted by atomic mass is 35.5. The molecule has 2 N–H and O–H groups in total. The maximum atomic E-state index is 6.13. The van der Waals surface area contributed by atoms with Crippen molar-refractivity contribution in [3.8, 4) is 11.5 Å². The van der Waals surface area contributed by atoms with Gasteiger partial charge >= 0.3 is 0 Å². The summed E-state index contributed by atoms with van der Waals surface area (Å²) in [6.45, 7) is 2.80. The van der Waals surface area contributed by atoms with E-state index < -0.39 is 0 Å². The lowest BCUT2D eigenvalue weighted by Crippen LogP contribution is -2.39. The first-order chi connectivity index (χ1) is 10.1. The largest absolute Gasteiger partial charge is 0.338 e. The van der Waals surface area contributed by atoms with Gasteiger partial charge in [0.25, 0.3) is 0 Å². The molecule has 0 radical (unpaired) electrons. The van der Waals surface area contributed by atoms with Crippen LogP contribution >= 0.6 is 11.6 Å². The Morgan fingerprint density at radius 1 is 1.43 bits per heavy atom. The van der Waals surface area contributed by atoms with Crippen LogP contribution in [0.5, 0.6) is 0 Å². The fourth-order valence-corrected chi connectivity index (χ4v) is 3.11. The topological polar surface area (TPSA) is 77.8 Å². The predicted octanol–water partition coefficient (Wildman–Crippen LogP) is 3.19. The molecule has 0 aliphatic heterocycles. The van der Waals surface area contributed by atoms with E-state index in [0.29, 0.717) is 29.0 Å². The lowest BCUT2D eigenvalue weighted by Gasteiger charge is -2.35. The van der Waals surface area contributed by atoms with E-state index in [2.05, 4.69) is 22.0 Å². The fraction of sp³-hybridized carbons (Fsp3) is 0.533. The number of halogens is 1. The molecule has 5 nitrogen and oxygen atoms in total. The van der Waals surface area contributed by atoms with Crippen LogP contribution in [0.4, 0.5) is 0 Å². The first-order valence-electron chi connectivity index (χ1n) is 7.30. The molecule has 2 heterocycles. The van der Waals surface area contributed by atoms with E-state index in [1.165, 1.54) is 0 Å². The SMILES string of the molecule is CC1CCC(CN)(c2nc(-c3ncccc3Cl)no2)CC1. The molecule has 1 aliphatic rings. The van der Waals surface area contributed by atoms with Gasteiger partial charge in [-0.3, -0.25) is 4.98 Å². The summed E-state index contributed by atoms with van der Waals surface area (Å²) in [6, 6.07) is 3.54. The second kappa shape index (κ2) is 5.73. The minimum atomic E-state index is -0.195. The van der Waals surface area contributed by atoms with Gasteiger partial charge in [0, 0.05) is 12.7 Å². The van der Waals surface area contributed by atoms with Crippen LogP contribution in [0.15, 0.2) is 22.9 Å². The second-order valence-electron chi connectivity index (χ2n) is 5.92. The van der Waals surface area contributed by atoms with E-state index in [9.17, 15) is 0 Å². The summed E-state index contributed by atoms with van der Waals surface area (Å²) >= 11 is 6.13. The van der Waals surface area contributed by atoms with Crippen molar-refractivity contribution in [1.82, 2.24) is 15.1 Å². The molecule has 0 aromatic carbocycles. The quantitative estimate of drug-likeness (QED) is 0.942. The van der Waals surface area contributed by atoms with Gasteiger partial charge in [0.15, 0.2) is 0 Å². The molecule has 2 aromatic heterocycles. The molecule has 6 heteroatoms. The zero-order chi connectivity index (χ0) is 14.9. The minimum Gasteiger partial charge on any atom is -0.338 e. The molecule has 1 aliphatic carbocycles. The highest BCUT2D eigenvalue weighted by Crippen LogP contribution is 2.40. The smallest absolute Gasteiger partial charge is 0.234 e. The Morgan fingerprint density at radius 2 is 2.19 bits per heavy atom. The zero-order valence-corrected chi connectivity index (χ0v) is 12.8. The molecule has 1 fully saturated rings. The molecule has 0 atom stereocenters. The Balaban J connectivity index is 1.92. The Labute approximate surface area is 128 Å².